The Kier molecular flexibility index (Phi) is 5.90. The first kappa shape index (κ1) is 18.3. The fourth-order valence-corrected chi connectivity index (χ4v) is 2.67. The molecule has 4 heteroatoms. The van der Waals surface area contributed by atoms with Gasteiger partial charge in [0, 0.05) is 5.02 Å². The first-order valence-corrected chi connectivity index (χ1v) is 8.65. The molecule has 3 aromatic carbocycles. The van der Waals surface area contributed by atoms with Gasteiger partial charge in [0.2, 0.25) is 0 Å². The standard InChI is InChI=1S/C23H15ClN2O/c24-22-9-7-17(8-10-22)16-27-23-6-2-3-18(13-23)11-21(15-26)20-5-1-4-19(12-20)14-25/h1-13H,16H2/b21-11-. The van der Waals surface area contributed by atoms with Crippen LogP contribution in [-0.4, -0.2) is 0 Å². The van der Waals surface area contributed by atoms with Gasteiger partial charge in [0.1, 0.15) is 12.4 Å². The lowest BCUT2D eigenvalue weighted by molar-refractivity contribution is 0.306. The number of halogens is 1. The third-order valence-corrected chi connectivity index (χ3v) is 4.16. The van der Waals surface area contributed by atoms with Gasteiger partial charge in [0.05, 0.1) is 23.3 Å². The molecular weight excluding hydrogens is 356 g/mol. The Labute approximate surface area is 163 Å². The summed E-state index contributed by atoms with van der Waals surface area (Å²) < 4.78 is 5.83. The van der Waals surface area contributed by atoms with Crippen molar-refractivity contribution < 1.29 is 4.74 Å². The molecule has 0 unspecified atom stereocenters. The van der Waals surface area contributed by atoms with E-state index < -0.39 is 0 Å². The molecule has 0 bridgehead atoms. The van der Waals surface area contributed by atoms with E-state index in [4.69, 9.17) is 21.6 Å². The van der Waals surface area contributed by atoms with Gasteiger partial charge >= 0.3 is 0 Å². The van der Waals surface area contributed by atoms with Crippen molar-refractivity contribution in [1.82, 2.24) is 0 Å². The molecule has 0 amide bonds. The van der Waals surface area contributed by atoms with Crippen LogP contribution in [0.3, 0.4) is 0 Å². The van der Waals surface area contributed by atoms with Crippen molar-refractivity contribution >= 4 is 23.3 Å². The zero-order valence-electron chi connectivity index (χ0n) is 14.4. The molecule has 3 nitrogen and oxygen atoms in total. The number of benzene rings is 3. The van der Waals surface area contributed by atoms with Crippen molar-refractivity contribution in [3.63, 3.8) is 0 Å². The van der Waals surface area contributed by atoms with E-state index in [1.807, 2.05) is 54.6 Å². The minimum atomic E-state index is 0.430. The van der Waals surface area contributed by atoms with Crippen LogP contribution in [0.2, 0.25) is 5.02 Å². The molecule has 130 valence electrons. The summed E-state index contributed by atoms with van der Waals surface area (Å²) in [6, 6.07) is 26.3. The second-order valence-electron chi connectivity index (χ2n) is 5.85. The van der Waals surface area contributed by atoms with Gasteiger partial charge in [-0.15, -0.1) is 0 Å². The average molecular weight is 371 g/mol. The number of nitriles is 2. The van der Waals surface area contributed by atoms with Crippen LogP contribution in [0.5, 0.6) is 5.75 Å². The zero-order chi connectivity index (χ0) is 19.1. The largest absolute Gasteiger partial charge is 0.489 e. The summed E-state index contributed by atoms with van der Waals surface area (Å²) in [5.41, 5.74) is 3.59. The van der Waals surface area contributed by atoms with Crippen molar-refractivity contribution in [2.45, 2.75) is 6.61 Å². The molecule has 0 aliphatic carbocycles. The summed E-state index contributed by atoms with van der Waals surface area (Å²) in [4.78, 5) is 0. The van der Waals surface area contributed by atoms with Crippen LogP contribution < -0.4 is 4.74 Å². The highest BCUT2D eigenvalue weighted by molar-refractivity contribution is 6.30. The second kappa shape index (κ2) is 8.72. The van der Waals surface area contributed by atoms with Gasteiger partial charge in [-0.25, -0.2) is 0 Å². The summed E-state index contributed by atoms with van der Waals surface area (Å²) in [5.74, 6) is 0.710. The van der Waals surface area contributed by atoms with Crippen LogP contribution in [0.1, 0.15) is 22.3 Å². The maximum Gasteiger partial charge on any atom is 0.120 e. The van der Waals surface area contributed by atoms with Crippen LogP contribution in [0.25, 0.3) is 11.6 Å². The highest BCUT2D eigenvalue weighted by atomic mass is 35.5. The summed E-state index contributed by atoms with van der Waals surface area (Å²) >= 11 is 5.89. The van der Waals surface area contributed by atoms with Gasteiger partial charge in [0.15, 0.2) is 0 Å². The van der Waals surface area contributed by atoms with Gasteiger partial charge in [-0.2, -0.15) is 10.5 Å². The summed E-state index contributed by atoms with van der Waals surface area (Å²) in [5, 5.41) is 19.2. The lowest BCUT2D eigenvalue weighted by Gasteiger charge is -2.07. The first-order valence-electron chi connectivity index (χ1n) is 8.27. The van der Waals surface area contributed by atoms with Crippen LogP contribution >= 0.6 is 11.6 Å². The fraction of sp³-hybridized carbons (Fsp3) is 0.0435. The average Bonchev–Trinajstić information content (AvgIpc) is 2.72. The number of ether oxygens (including phenoxy) is 1. The van der Waals surface area contributed by atoms with E-state index >= 15 is 0 Å². The number of hydrogen-bond donors (Lipinski definition) is 0. The third-order valence-electron chi connectivity index (χ3n) is 3.91. The van der Waals surface area contributed by atoms with Gasteiger partial charge in [-0.05, 0) is 59.2 Å². The lowest BCUT2D eigenvalue weighted by atomic mass is 10.0. The molecule has 3 rings (SSSR count). The molecule has 0 heterocycles. The molecule has 0 radical (unpaired) electrons. The van der Waals surface area contributed by atoms with Crippen molar-refractivity contribution in [2.75, 3.05) is 0 Å². The topological polar surface area (TPSA) is 56.8 Å². The normalized spacial score (nSPS) is 10.7. The van der Waals surface area contributed by atoms with E-state index in [1.54, 1.807) is 24.3 Å². The van der Waals surface area contributed by atoms with Gasteiger partial charge < -0.3 is 4.74 Å². The molecule has 27 heavy (non-hydrogen) atoms. The highest BCUT2D eigenvalue weighted by Crippen LogP contribution is 2.22. The molecule has 0 aliphatic heterocycles. The van der Waals surface area contributed by atoms with Crippen molar-refractivity contribution in [3.05, 3.63) is 100 Å². The monoisotopic (exact) mass is 370 g/mol. The number of nitrogens with zero attached hydrogens (tertiary/aromatic N) is 2. The quantitative estimate of drug-likeness (QED) is 0.417. The molecule has 0 saturated carbocycles. The van der Waals surface area contributed by atoms with E-state index in [9.17, 15) is 5.26 Å². The SMILES string of the molecule is N#C/C(=C/c1cccc(OCc2ccc(Cl)cc2)c1)c1cccc(C#N)c1. The maximum atomic E-state index is 9.50. The van der Waals surface area contributed by atoms with Crippen LogP contribution in [0, 0.1) is 22.7 Å². The Morgan fingerprint density at radius 1 is 0.963 bits per heavy atom. The van der Waals surface area contributed by atoms with E-state index in [2.05, 4.69) is 12.1 Å². The molecule has 0 N–H and O–H groups in total. The molecule has 0 aliphatic rings. The molecule has 0 fully saturated rings. The lowest BCUT2D eigenvalue weighted by Crippen LogP contribution is -1.95. The van der Waals surface area contributed by atoms with Gasteiger partial charge in [-0.1, -0.05) is 48.0 Å². The van der Waals surface area contributed by atoms with Gasteiger partial charge in [-0.3, -0.25) is 0 Å². The number of hydrogen-bond acceptors (Lipinski definition) is 3. The number of rotatable bonds is 5. The predicted octanol–water partition coefficient (Wildman–Crippen LogP) is 5.85. The van der Waals surface area contributed by atoms with Crippen molar-refractivity contribution in [1.29, 1.82) is 10.5 Å². The molecule has 0 saturated heterocycles. The Morgan fingerprint density at radius 2 is 1.74 bits per heavy atom. The second-order valence-corrected chi connectivity index (χ2v) is 6.29. The van der Waals surface area contributed by atoms with E-state index in [0.29, 0.717) is 34.1 Å². The Bertz CT molecular complexity index is 1060. The van der Waals surface area contributed by atoms with Crippen molar-refractivity contribution in [3.8, 4) is 17.9 Å². The Morgan fingerprint density at radius 3 is 2.48 bits per heavy atom. The fourth-order valence-electron chi connectivity index (χ4n) is 2.54. The predicted molar refractivity (Wildman–Crippen MR) is 107 cm³/mol. The molecule has 0 aromatic heterocycles. The minimum Gasteiger partial charge on any atom is -0.489 e. The van der Waals surface area contributed by atoms with Crippen LogP contribution in [0.4, 0.5) is 0 Å². The van der Waals surface area contributed by atoms with E-state index in [-0.39, 0.29) is 0 Å². The summed E-state index contributed by atoms with van der Waals surface area (Å²) in [6.07, 6.45) is 1.78. The maximum absolute atomic E-state index is 9.50. The first-order chi connectivity index (χ1) is 13.2. The Hall–Kier alpha value is -3.53. The van der Waals surface area contributed by atoms with Crippen LogP contribution in [-0.2, 0) is 6.61 Å². The summed E-state index contributed by atoms with van der Waals surface area (Å²) in [6.45, 7) is 0.430. The summed E-state index contributed by atoms with van der Waals surface area (Å²) in [7, 11) is 0. The minimum absolute atomic E-state index is 0.430. The zero-order valence-corrected chi connectivity index (χ0v) is 15.1. The molecule has 3 aromatic rings. The van der Waals surface area contributed by atoms with Crippen molar-refractivity contribution in [2.24, 2.45) is 0 Å². The molecule has 0 spiro atoms. The van der Waals surface area contributed by atoms with E-state index in [1.165, 1.54) is 0 Å². The molecular formula is C23H15ClN2O. The highest BCUT2D eigenvalue weighted by Gasteiger charge is 2.04. The van der Waals surface area contributed by atoms with Crippen LogP contribution in [0.15, 0.2) is 72.8 Å². The third kappa shape index (κ3) is 4.98. The Balaban J connectivity index is 1.79. The number of allylic oxidation sites excluding steroid dienone is 1. The molecule has 0 atom stereocenters. The smallest absolute Gasteiger partial charge is 0.120 e. The van der Waals surface area contributed by atoms with E-state index in [0.717, 1.165) is 11.1 Å². The van der Waals surface area contributed by atoms with Gasteiger partial charge in [0.25, 0.3) is 0 Å².